The molecule has 31 heavy (non-hydrogen) atoms. The molecule has 0 radical (unpaired) electrons. The number of ether oxygens (including phenoxy) is 1. The minimum atomic E-state index is -0.0302. The van der Waals surface area contributed by atoms with Crippen LogP contribution in [0.4, 0.5) is 5.13 Å². The second kappa shape index (κ2) is 10.9. The average Bonchev–Trinajstić information content (AvgIpc) is 3.07. The van der Waals surface area contributed by atoms with E-state index in [4.69, 9.17) is 9.72 Å². The summed E-state index contributed by atoms with van der Waals surface area (Å²) in [4.78, 5) is 22.2. The third-order valence-corrected chi connectivity index (χ3v) is 5.97. The van der Waals surface area contributed by atoms with Gasteiger partial charge in [-0.25, -0.2) is 4.98 Å². The van der Waals surface area contributed by atoms with E-state index in [1.807, 2.05) is 57.1 Å². The molecule has 0 aliphatic heterocycles. The smallest absolute Gasteiger partial charge is 0.260 e. The van der Waals surface area contributed by atoms with E-state index in [-0.39, 0.29) is 24.4 Å². The van der Waals surface area contributed by atoms with Crippen molar-refractivity contribution in [2.24, 2.45) is 0 Å². The number of carbonyl (C=O) groups excluding carboxylic acids is 1. The number of nitrogens with zero attached hydrogens (tertiary/aromatic N) is 3. The Morgan fingerprint density at radius 2 is 1.71 bits per heavy atom. The third kappa shape index (κ3) is 6.42. The molecule has 1 aromatic heterocycles. The normalized spacial score (nSPS) is 11.1. The molecule has 5 nitrogen and oxygen atoms in total. The summed E-state index contributed by atoms with van der Waals surface area (Å²) in [6, 6.07) is 11.6. The summed E-state index contributed by atoms with van der Waals surface area (Å²) in [7, 11) is 4.09. The Hall–Kier alpha value is -2.15. The highest BCUT2D eigenvalue weighted by molar-refractivity contribution is 7.22. The molecular weight excluding hydrogens is 430 g/mol. The maximum Gasteiger partial charge on any atom is 0.260 e. The molecule has 0 saturated heterocycles. The van der Waals surface area contributed by atoms with Crippen molar-refractivity contribution >= 4 is 45.0 Å². The molecule has 168 valence electrons. The van der Waals surface area contributed by atoms with Gasteiger partial charge in [0.2, 0.25) is 0 Å². The number of fused-ring (bicyclic) bond motifs is 1. The van der Waals surface area contributed by atoms with E-state index < -0.39 is 0 Å². The molecule has 3 rings (SSSR count). The van der Waals surface area contributed by atoms with Crippen LogP contribution in [-0.2, 0) is 0 Å². The maximum atomic E-state index is 13.4. The van der Waals surface area contributed by atoms with Crippen LogP contribution >= 0.6 is 23.7 Å². The fourth-order valence-electron chi connectivity index (χ4n) is 3.22. The van der Waals surface area contributed by atoms with Gasteiger partial charge in [0.15, 0.2) is 5.13 Å². The second-order valence-corrected chi connectivity index (χ2v) is 9.21. The molecule has 0 unspecified atom stereocenters. The molecule has 3 aromatic rings. The van der Waals surface area contributed by atoms with Gasteiger partial charge in [-0.15, -0.1) is 12.4 Å². The molecule has 2 aromatic carbocycles. The van der Waals surface area contributed by atoms with Crippen molar-refractivity contribution in [1.82, 2.24) is 9.88 Å². The van der Waals surface area contributed by atoms with E-state index >= 15 is 0 Å². The van der Waals surface area contributed by atoms with Crippen molar-refractivity contribution in [2.75, 3.05) is 32.1 Å². The van der Waals surface area contributed by atoms with Gasteiger partial charge in [-0.2, -0.15) is 0 Å². The predicted octanol–water partition coefficient (Wildman–Crippen LogP) is 5.72. The van der Waals surface area contributed by atoms with Gasteiger partial charge < -0.3 is 9.64 Å². The number of rotatable bonds is 8. The SMILES string of the molecule is Cc1cc2nc(N(CCCN(C)C)C(=O)c3ccc(OC(C)C)cc3)sc2cc1C.Cl. The lowest BCUT2D eigenvalue weighted by atomic mass is 10.1. The monoisotopic (exact) mass is 461 g/mol. The van der Waals surface area contributed by atoms with Crippen LogP contribution in [0.15, 0.2) is 36.4 Å². The van der Waals surface area contributed by atoms with Crippen LogP contribution in [0.25, 0.3) is 10.2 Å². The summed E-state index contributed by atoms with van der Waals surface area (Å²) >= 11 is 1.58. The average molecular weight is 462 g/mol. The van der Waals surface area contributed by atoms with Gasteiger partial charge in [-0.1, -0.05) is 11.3 Å². The number of hydrogen-bond donors (Lipinski definition) is 0. The van der Waals surface area contributed by atoms with Crippen molar-refractivity contribution in [1.29, 1.82) is 0 Å². The molecular formula is C24H32ClN3O2S. The number of anilines is 1. The highest BCUT2D eigenvalue weighted by Crippen LogP contribution is 2.32. The zero-order valence-corrected chi connectivity index (χ0v) is 20.8. The van der Waals surface area contributed by atoms with Crippen molar-refractivity contribution in [3.63, 3.8) is 0 Å². The first-order chi connectivity index (χ1) is 14.2. The Kier molecular flexibility index (Phi) is 8.86. The molecule has 0 saturated carbocycles. The zero-order valence-electron chi connectivity index (χ0n) is 19.1. The number of aromatic nitrogens is 1. The van der Waals surface area contributed by atoms with Gasteiger partial charge in [-0.3, -0.25) is 9.69 Å². The van der Waals surface area contributed by atoms with E-state index in [0.717, 1.165) is 34.1 Å². The Balaban J connectivity index is 0.00000341. The molecule has 0 aliphatic carbocycles. The number of thiazole rings is 1. The number of carbonyl (C=O) groups is 1. The van der Waals surface area contributed by atoms with Gasteiger partial charge in [0, 0.05) is 12.1 Å². The highest BCUT2D eigenvalue weighted by atomic mass is 35.5. The topological polar surface area (TPSA) is 45.7 Å². The van der Waals surface area contributed by atoms with E-state index in [0.29, 0.717) is 12.1 Å². The van der Waals surface area contributed by atoms with Crippen molar-refractivity contribution in [2.45, 2.75) is 40.2 Å². The molecule has 7 heteroatoms. The minimum Gasteiger partial charge on any atom is -0.491 e. The van der Waals surface area contributed by atoms with Gasteiger partial charge in [-0.05, 0) is 102 Å². The number of benzene rings is 2. The fourth-order valence-corrected chi connectivity index (χ4v) is 4.29. The highest BCUT2D eigenvalue weighted by Gasteiger charge is 2.21. The van der Waals surface area contributed by atoms with Gasteiger partial charge in [0.05, 0.1) is 16.3 Å². The lowest BCUT2D eigenvalue weighted by Gasteiger charge is -2.21. The third-order valence-electron chi connectivity index (χ3n) is 4.93. The zero-order chi connectivity index (χ0) is 21.8. The van der Waals surface area contributed by atoms with Crippen LogP contribution in [0.2, 0.25) is 0 Å². The molecule has 1 heterocycles. The van der Waals surface area contributed by atoms with Crippen LogP contribution in [0.3, 0.4) is 0 Å². The van der Waals surface area contributed by atoms with Crippen LogP contribution < -0.4 is 9.64 Å². The molecule has 0 fully saturated rings. The standard InChI is InChI=1S/C24H31N3O2S.ClH/c1-16(2)29-20-10-8-19(9-11-20)23(28)27(13-7-12-26(5)6)24-25-21-14-17(3)18(4)15-22(21)30-24;/h8-11,14-16H,7,12-13H2,1-6H3;1H. The largest absolute Gasteiger partial charge is 0.491 e. The van der Waals surface area contributed by atoms with Crippen molar-refractivity contribution in [3.05, 3.63) is 53.1 Å². The summed E-state index contributed by atoms with van der Waals surface area (Å²) in [6.45, 7) is 9.71. The lowest BCUT2D eigenvalue weighted by molar-refractivity contribution is 0.0986. The number of halogens is 1. The molecule has 0 bridgehead atoms. The number of hydrogen-bond acceptors (Lipinski definition) is 5. The van der Waals surface area contributed by atoms with Gasteiger partial charge in [0.1, 0.15) is 5.75 Å². The van der Waals surface area contributed by atoms with Crippen molar-refractivity contribution < 1.29 is 9.53 Å². The van der Waals surface area contributed by atoms with Crippen LogP contribution in [0, 0.1) is 13.8 Å². The maximum absolute atomic E-state index is 13.4. The number of amides is 1. The molecule has 0 N–H and O–H groups in total. The number of aryl methyl sites for hydroxylation is 2. The first-order valence-electron chi connectivity index (χ1n) is 10.4. The Labute approximate surface area is 195 Å². The molecule has 0 atom stereocenters. The van der Waals surface area contributed by atoms with Crippen molar-refractivity contribution in [3.8, 4) is 5.75 Å². The summed E-state index contributed by atoms with van der Waals surface area (Å²) in [5.41, 5.74) is 4.04. The summed E-state index contributed by atoms with van der Waals surface area (Å²) in [5.74, 6) is 0.740. The minimum absolute atomic E-state index is 0. The summed E-state index contributed by atoms with van der Waals surface area (Å²) in [6.07, 6.45) is 0.977. The molecule has 1 amide bonds. The van der Waals surface area contributed by atoms with E-state index in [2.05, 4.69) is 30.9 Å². The van der Waals surface area contributed by atoms with E-state index in [1.54, 1.807) is 11.3 Å². The van der Waals surface area contributed by atoms with Gasteiger partial charge >= 0.3 is 0 Å². The van der Waals surface area contributed by atoms with Crippen LogP contribution in [-0.4, -0.2) is 49.1 Å². The Bertz CT molecular complexity index is 977. The summed E-state index contributed by atoms with van der Waals surface area (Å²) in [5, 5.41) is 0.751. The summed E-state index contributed by atoms with van der Waals surface area (Å²) < 4.78 is 6.82. The Morgan fingerprint density at radius 3 is 2.32 bits per heavy atom. The lowest BCUT2D eigenvalue weighted by Crippen LogP contribution is -2.33. The van der Waals surface area contributed by atoms with Crippen LogP contribution in [0.1, 0.15) is 41.8 Å². The fraction of sp³-hybridized carbons (Fsp3) is 0.417. The quantitative estimate of drug-likeness (QED) is 0.430. The second-order valence-electron chi connectivity index (χ2n) is 8.21. The van der Waals surface area contributed by atoms with E-state index in [1.165, 1.54) is 11.1 Å². The van der Waals surface area contributed by atoms with Crippen LogP contribution in [0.5, 0.6) is 5.75 Å². The molecule has 0 spiro atoms. The van der Waals surface area contributed by atoms with Gasteiger partial charge in [0.25, 0.3) is 5.91 Å². The Morgan fingerprint density at radius 1 is 1.06 bits per heavy atom. The predicted molar refractivity (Wildman–Crippen MR) is 133 cm³/mol. The van der Waals surface area contributed by atoms with E-state index in [9.17, 15) is 4.79 Å². The first kappa shape index (κ1) is 25.1. The first-order valence-corrected chi connectivity index (χ1v) is 11.2. The molecule has 0 aliphatic rings.